The SMILES string of the molecule is CCOc1ccc(NC(=O)COc2cccnc2[N+](=O)[O-])cc1S(=O)(=O)N1CCCC1. The third-order valence-electron chi connectivity index (χ3n) is 4.49. The molecule has 1 aromatic carbocycles. The number of rotatable bonds is 9. The maximum atomic E-state index is 13.0. The van der Waals surface area contributed by atoms with Crippen LogP contribution in [0.4, 0.5) is 11.5 Å². The number of sulfonamides is 1. The van der Waals surface area contributed by atoms with Crippen LogP contribution in [0.5, 0.6) is 11.5 Å². The van der Waals surface area contributed by atoms with Crippen LogP contribution >= 0.6 is 0 Å². The first kappa shape index (κ1) is 22.4. The van der Waals surface area contributed by atoms with Gasteiger partial charge in [-0.15, -0.1) is 0 Å². The number of nitrogens with zero attached hydrogens (tertiary/aromatic N) is 3. The molecule has 1 fully saturated rings. The molecule has 11 nitrogen and oxygen atoms in total. The van der Waals surface area contributed by atoms with Gasteiger partial charge in [-0.1, -0.05) is 0 Å². The summed E-state index contributed by atoms with van der Waals surface area (Å²) in [4.78, 5) is 26.1. The van der Waals surface area contributed by atoms with Gasteiger partial charge in [0.1, 0.15) is 16.8 Å². The van der Waals surface area contributed by atoms with E-state index in [9.17, 15) is 23.3 Å². The van der Waals surface area contributed by atoms with Crippen LogP contribution in [0, 0.1) is 10.1 Å². The van der Waals surface area contributed by atoms with Crippen molar-refractivity contribution in [2.75, 3.05) is 31.6 Å². The lowest BCUT2D eigenvalue weighted by atomic mass is 10.3. The normalized spacial score (nSPS) is 14.2. The topological polar surface area (TPSA) is 141 Å². The van der Waals surface area contributed by atoms with Crippen LogP contribution in [0.25, 0.3) is 0 Å². The summed E-state index contributed by atoms with van der Waals surface area (Å²) < 4.78 is 38.1. The van der Waals surface area contributed by atoms with Gasteiger partial charge in [0.2, 0.25) is 15.8 Å². The summed E-state index contributed by atoms with van der Waals surface area (Å²) in [7, 11) is -3.78. The number of pyridine rings is 1. The predicted molar refractivity (Wildman–Crippen MR) is 111 cm³/mol. The fourth-order valence-electron chi connectivity index (χ4n) is 3.10. The van der Waals surface area contributed by atoms with Gasteiger partial charge in [-0.3, -0.25) is 4.79 Å². The number of amides is 1. The van der Waals surface area contributed by atoms with Crippen LogP contribution in [0.1, 0.15) is 19.8 Å². The molecule has 1 aromatic heterocycles. The number of aromatic nitrogens is 1. The van der Waals surface area contributed by atoms with Crippen LogP contribution in [0.15, 0.2) is 41.4 Å². The average Bonchev–Trinajstić information content (AvgIpc) is 3.29. The Hall–Kier alpha value is -3.25. The number of carbonyl (C=O) groups is 1. The number of ether oxygens (including phenoxy) is 2. The van der Waals surface area contributed by atoms with Crippen LogP contribution in [0.3, 0.4) is 0 Å². The molecule has 31 heavy (non-hydrogen) atoms. The van der Waals surface area contributed by atoms with E-state index in [0.717, 1.165) is 12.8 Å². The molecule has 0 bridgehead atoms. The zero-order valence-electron chi connectivity index (χ0n) is 16.8. The highest BCUT2D eigenvalue weighted by Crippen LogP contribution is 2.31. The van der Waals surface area contributed by atoms with Crippen molar-refractivity contribution < 1.29 is 27.6 Å². The van der Waals surface area contributed by atoms with Gasteiger partial charge in [0.05, 0.1) is 6.61 Å². The second-order valence-electron chi connectivity index (χ2n) is 6.62. The van der Waals surface area contributed by atoms with Gasteiger partial charge in [0.25, 0.3) is 5.91 Å². The van der Waals surface area contributed by atoms with Crippen molar-refractivity contribution in [3.63, 3.8) is 0 Å². The number of nitrogens with one attached hydrogen (secondary N) is 1. The predicted octanol–water partition coefficient (Wildman–Crippen LogP) is 2.19. The Bertz CT molecular complexity index is 1070. The van der Waals surface area contributed by atoms with Gasteiger partial charge in [0, 0.05) is 18.8 Å². The second-order valence-corrected chi connectivity index (χ2v) is 8.53. The quantitative estimate of drug-likeness (QED) is 0.453. The zero-order chi connectivity index (χ0) is 22.4. The van der Waals surface area contributed by atoms with Gasteiger partial charge in [0.15, 0.2) is 6.61 Å². The molecule has 1 saturated heterocycles. The lowest BCUT2D eigenvalue weighted by molar-refractivity contribution is -0.390. The molecule has 12 heteroatoms. The van der Waals surface area contributed by atoms with Crippen LogP contribution in [-0.2, 0) is 14.8 Å². The fourth-order valence-corrected chi connectivity index (χ4v) is 4.78. The molecule has 166 valence electrons. The molecule has 0 radical (unpaired) electrons. The van der Waals surface area contributed by atoms with E-state index in [2.05, 4.69) is 10.3 Å². The third kappa shape index (κ3) is 5.27. The van der Waals surface area contributed by atoms with Gasteiger partial charge < -0.3 is 24.9 Å². The first-order valence-electron chi connectivity index (χ1n) is 9.62. The van der Waals surface area contributed by atoms with E-state index in [0.29, 0.717) is 13.1 Å². The Morgan fingerprint density at radius 2 is 1.97 bits per heavy atom. The standard InChI is InChI=1S/C19H22N4O7S/c1-2-29-15-8-7-14(12-17(15)31(27,28)22-10-3-4-11-22)21-18(24)13-30-16-6-5-9-20-19(16)23(25)26/h5-9,12H,2-4,10-11,13H2,1H3,(H,21,24). The second kappa shape index (κ2) is 9.71. The van der Waals surface area contributed by atoms with Crippen molar-refractivity contribution in [2.45, 2.75) is 24.7 Å². The molecule has 0 saturated carbocycles. The summed E-state index contributed by atoms with van der Waals surface area (Å²) in [6, 6.07) is 7.11. The van der Waals surface area contributed by atoms with E-state index in [1.165, 1.54) is 40.8 Å². The maximum Gasteiger partial charge on any atom is 0.406 e. The minimum Gasteiger partial charge on any atom is -0.492 e. The Morgan fingerprint density at radius 3 is 2.65 bits per heavy atom. The molecule has 2 heterocycles. The minimum absolute atomic E-state index is 0.0298. The Morgan fingerprint density at radius 1 is 1.23 bits per heavy atom. The highest BCUT2D eigenvalue weighted by atomic mass is 32.2. The smallest absolute Gasteiger partial charge is 0.406 e. The monoisotopic (exact) mass is 450 g/mol. The van der Waals surface area contributed by atoms with Crippen molar-refractivity contribution in [1.82, 2.24) is 9.29 Å². The number of hydrogen-bond acceptors (Lipinski definition) is 8. The summed E-state index contributed by atoms with van der Waals surface area (Å²) in [5, 5.41) is 13.5. The van der Waals surface area contributed by atoms with Gasteiger partial charge in [-0.25, -0.2) is 8.42 Å². The summed E-state index contributed by atoms with van der Waals surface area (Å²) in [6.45, 7) is 2.38. The molecule has 1 amide bonds. The highest BCUT2D eigenvalue weighted by Gasteiger charge is 2.30. The average molecular weight is 450 g/mol. The summed E-state index contributed by atoms with van der Waals surface area (Å²) in [5.41, 5.74) is 0.232. The third-order valence-corrected chi connectivity index (χ3v) is 6.41. The van der Waals surface area contributed by atoms with Crippen molar-refractivity contribution in [2.24, 2.45) is 0 Å². The Kier molecular flexibility index (Phi) is 7.02. The number of anilines is 1. The molecule has 1 aliphatic heterocycles. The molecule has 0 unspecified atom stereocenters. The number of hydrogen-bond donors (Lipinski definition) is 1. The highest BCUT2D eigenvalue weighted by molar-refractivity contribution is 7.89. The van der Waals surface area contributed by atoms with Crippen LogP contribution < -0.4 is 14.8 Å². The number of nitro groups is 1. The maximum absolute atomic E-state index is 13.0. The van der Waals surface area contributed by atoms with E-state index in [1.807, 2.05) is 0 Å². The molecule has 0 atom stereocenters. The summed E-state index contributed by atoms with van der Waals surface area (Å²) in [5.74, 6) is -1.07. The molecule has 0 spiro atoms. The minimum atomic E-state index is -3.78. The van der Waals surface area contributed by atoms with E-state index in [-0.39, 0.29) is 28.7 Å². The van der Waals surface area contributed by atoms with Crippen molar-refractivity contribution in [1.29, 1.82) is 0 Å². The largest absolute Gasteiger partial charge is 0.492 e. The first-order chi connectivity index (χ1) is 14.8. The molecule has 1 aliphatic rings. The Labute approximate surface area is 179 Å². The van der Waals surface area contributed by atoms with Crippen molar-refractivity contribution in [3.8, 4) is 11.5 Å². The lowest BCUT2D eigenvalue weighted by Gasteiger charge is -2.19. The zero-order valence-corrected chi connectivity index (χ0v) is 17.6. The van der Waals surface area contributed by atoms with Crippen molar-refractivity contribution >= 4 is 27.4 Å². The number of benzene rings is 1. The van der Waals surface area contributed by atoms with Crippen LogP contribution in [0.2, 0.25) is 0 Å². The summed E-state index contributed by atoms with van der Waals surface area (Å²) >= 11 is 0. The summed E-state index contributed by atoms with van der Waals surface area (Å²) in [6.07, 6.45) is 2.82. The lowest BCUT2D eigenvalue weighted by Crippen LogP contribution is -2.28. The van der Waals surface area contributed by atoms with E-state index >= 15 is 0 Å². The number of carbonyl (C=O) groups excluding carboxylic acids is 1. The molecule has 0 aliphatic carbocycles. The van der Waals surface area contributed by atoms with E-state index < -0.39 is 33.3 Å². The van der Waals surface area contributed by atoms with Gasteiger partial charge >= 0.3 is 5.82 Å². The van der Waals surface area contributed by atoms with Gasteiger partial charge in [-0.2, -0.15) is 4.31 Å². The molecule has 2 aromatic rings. The van der Waals surface area contributed by atoms with E-state index in [4.69, 9.17) is 9.47 Å². The first-order valence-corrected chi connectivity index (χ1v) is 11.1. The molecular weight excluding hydrogens is 428 g/mol. The molecule has 1 N–H and O–H groups in total. The molecule has 3 rings (SSSR count). The fraction of sp³-hybridized carbons (Fsp3) is 0.368. The van der Waals surface area contributed by atoms with Gasteiger partial charge in [-0.05, 0) is 60.0 Å². The Balaban J connectivity index is 1.76. The van der Waals surface area contributed by atoms with E-state index in [1.54, 1.807) is 6.92 Å². The molecular formula is C19H22N4O7S. The van der Waals surface area contributed by atoms with Crippen LogP contribution in [-0.4, -0.2) is 54.8 Å². The van der Waals surface area contributed by atoms with Crippen molar-refractivity contribution in [3.05, 3.63) is 46.6 Å².